The van der Waals surface area contributed by atoms with E-state index in [9.17, 15) is 24.6 Å². The summed E-state index contributed by atoms with van der Waals surface area (Å²) in [6.07, 6.45) is -1.40. The second-order valence-electron chi connectivity index (χ2n) is 5.43. The van der Waals surface area contributed by atoms with Gasteiger partial charge < -0.3 is 24.4 Å². The van der Waals surface area contributed by atoms with Gasteiger partial charge in [-0.3, -0.25) is 9.59 Å². The Balaban J connectivity index is 2.50. The van der Waals surface area contributed by atoms with Crippen LogP contribution in [0.2, 0.25) is 0 Å². The average molecular weight is 338 g/mol. The third-order valence-corrected chi connectivity index (χ3v) is 3.80. The molecule has 0 aromatic heterocycles. The van der Waals surface area contributed by atoms with E-state index >= 15 is 0 Å². The second-order valence-corrected chi connectivity index (χ2v) is 5.43. The normalized spacial score (nSPS) is 17.5. The number of carbonyl (C=O) groups is 3. The topological polar surface area (TPSA) is 119 Å². The van der Waals surface area contributed by atoms with Crippen LogP contribution in [0.15, 0.2) is 6.07 Å². The number of benzene rings is 1. The van der Waals surface area contributed by atoms with Gasteiger partial charge in [-0.05, 0) is 13.0 Å². The van der Waals surface area contributed by atoms with Crippen LogP contribution in [0.1, 0.15) is 34.1 Å². The van der Waals surface area contributed by atoms with E-state index in [1.54, 1.807) is 0 Å². The highest BCUT2D eigenvalue weighted by atomic mass is 16.5. The molecule has 0 radical (unpaired) electrons. The van der Waals surface area contributed by atoms with Crippen LogP contribution >= 0.6 is 0 Å². The van der Waals surface area contributed by atoms with E-state index < -0.39 is 29.5 Å². The van der Waals surface area contributed by atoms with Gasteiger partial charge in [-0.1, -0.05) is 0 Å². The molecule has 0 spiro atoms. The molecule has 0 amide bonds. The number of aliphatic hydroxyl groups excluding tert-OH is 1. The molecule has 2 atom stereocenters. The fourth-order valence-electron chi connectivity index (χ4n) is 2.58. The molecule has 0 unspecified atom stereocenters. The Hall–Kier alpha value is -2.61. The zero-order valence-electron chi connectivity index (χ0n) is 13.5. The van der Waals surface area contributed by atoms with Crippen molar-refractivity contribution in [1.29, 1.82) is 0 Å². The largest absolute Gasteiger partial charge is 0.504 e. The van der Waals surface area contributed by atoms with Crippen molar-refractivity contribution in [3.63, 3.8) is 0 Å². The van der Waals surface area contributed by atoms with E-state index in [0.29, 0.717) is 0 Å². The summed E-state index contributed by atoms with van der Waals surface area (Å²) in [4.78, 5) is 35.5. The van der Waals surface area contributed by atoms with Gasteiger partial charge in [0.05, 0.1) is 26.2 Å². The van der Waals surface area contributed by atoms with E-state index in [4.69, 9.17) is 9.47 Å². The van der Waals surface area contributed by atoms with Crippen molar-refractivity contribution >= 4 is 17.5 Å². The molecule has 1 aliphatic heterocycles. The number of ether oxygens (including phenoxy) is 3. The molecule has 130 valence electrons. The number of ketones is 2. The molecular formula is C16H18O8. The van der Waals surface area contributed by atoms with Crippen molar-refractivity contribution in [3.05, 3.63) is 17.2 Å². The zero-order chi connectivity index (χ0) is 18.0. The van der Waals surface area contributed by atoms with Crippen molar-refractivity contribution < 1.29 is 38.8 Å². The highest BCUT2D eigenvalue weighted by Gasteiger charge is 2.39. The van der Waals surface area contributed by atoms with Crippen LogP contribution < -0.4 is 9.47 Å². The minimum absolute atomic E-state index is 0.00734. The zero-order valence-corrected chi connectivity index (χ0v) is 13.5. The Kier molecular flexibility index (Phi) is 5.08. The summed E-state index contributed by atoms with van der Waals surface area (Å²) in [5.41, 5.74) is -0.287. The molecule has 0 saturated heterocycles. The number of hydrogen-bond acceptors (Lipinski definition) is 8. The predicted molar refractivity (Wildman–Crippen MR) is 80.6 cm³/mol. The number of hydrogen-bond donors (Lipinski definition) is 2. The van der Waals surface area contributed by atoms with Gasteiger partial charge in [0.1, 0.15) is 29.3 Å². The highest BCUT2D eigenvalue weighted by Crippen LogP contribution is 2.44. The van der Waals surface area contributed by atoms with E-state index in [0.717, 1.165) is 7.11 Å². The molecule has 2 N–H and O–H groups in total. The SMILES string of the molecule is COC(=O)c1cc(OC)c2c(c1O)OC[C@H]([C@H](O)CC(C)=O)C2=O. The molecule has 0 fully saturated rings. The number of esters is 1. The number of rotatable bonds is 5. The van der Waals surface area contributed by atoms with Crippen LogP contribution in [-0.2, 0) is 9.53 Å². The van der Waals surface area contributed by atoms with Crippen LogP contribution in [0.4, 0.5) is 0 Å². The summed E-state index contributed by atoms with van der Waals surface area (Å²) in [6.45, 7) is 1.07. The Bertz CT molecular complexity index is 694. The first-order chi connectivity index (χ1) is 11.3. The number of Topliss-reactive ketones (excluding diaryl/α,β-unsaturated/α-hetero) is 2. The first-order valence-electron chi connectivity index (χ1n) is 7.18. The fourth-order valence-corrected chi connectivity index (χ4v) is 2.58. The van der Waals surface area contributed by atoms with Crippen LogP contribution in [0.5, 0.6) is 17.2 Å². The Morgan fingerprint density at radius 2 is 2.08 bits per heavy atom. The number of aromatic hydroxyl groups is 1. The van der Waals surface area contributed by atoms with Crippen LogP contribution in [0.3, 0.4) is 0 Å². The van der Waals surface area contributed by atoms with Crippen molar-refractivity contribution in [1.82, 2.24) is 0 Å². The number of methoxy groups -OCH3 is 2. The summed E-state index contributed by atoms with van der Waals surface area (Å²) in [5, 5.41) is 20.2. The van der Waals surface area contributed by atoms with Crippen molar-refractivity contribution in [2.75, 3.05) is 20.8 Å². The maximum absolute atomic E-state index is 12.7. The van der Waals surface area contributed by atoms with Crippen molar-refractivity contribution in [2.45, 2.75) is 19.4 Å². The quantitative estimate of drug-likeness (QED) is 0.754. The van der Waals surface area contributed by atoms with E-state index in [1.807, 2.05) is 0 Å². The maximum Gasteiger partial charge on any atom is 0.341 e. The summed E-state index contributed by atoms with van der Waals surface area (Å²) >= 11 is 0. The molecule has 8 nitrogen and oxygen atoms in total. The lowest BCUT2D eigenvalue weighted by Crippen LogP contribution is -2.38. The number of fused-ring (bicyclic) bond motifs is 1. The molecule has 0 bridgehead atoms. The summed E-state index contributed by atoms with van der Waals surface area (Å²) in [7, 11) is 2.43. The summed E-state index contributed by atoms with van der Waals surface area (Å²) < 4.78 is 15.1. The van der Waals surface area contributed by atoms with Gasteiger partial charge in [0.25, 0.3) is 0 Å². The molecule has 1 aliphatic rings. The lowest BCUT2D eigenvalue weighted by Gasteiger charge is -2.29. The third-order valence-electron chi connectivity index (χ3n) is 3.80. The first-order valence-corrected chi connectivity index (χ1v) is 7.18. The molecule has 1 aromatic carbocycles. The molecule has 1 aromatic rings. The molecule has 1 heterocycles. The van der Waals surface area contributed by atoms with Crippen LogP contribution in [0, 0.1) is 5.92 Å². The fraction of sp³-hybridized carbons (Fsp3) is 0.438. The molecule has 24 heavy (non-hydrogen) atoms. The molecular weight excluding hydrogens is 320 g/mol. The van der Waals surface area contributed by atoms with Crippen molar-refractivity contribution in [3.8, 4) is 17.2 Å². The molecule has 0 saturated carbocycles. The number of aliphatic hydroxyl groups is 1. The maximum atomic E-state index is 12.7. The van der Waals surface area contributed by atoms with Gasteiger partial charge in [-0.15, -0.1) is 0 Å². The van der Waals surface area contributed by atoms with Gasteiger partial charge in [-0.2, -0.15) is 0 Å². The monoisotopic (exact) mass is 338 g/mol. The van der Waals surface area contributed by atoms with E-state index in [2.05, 4.69) is 4.74 Å². The minimum Gasteiger partial charge on any atom is -0.504 e. The lowest BCUT2D eigenvalue weighted by atomic mass is 9.87. The van der Waals surface area contributed by atoms with Gasteiger partial charge in [0, 0.05) is 6.42 Å². The second kappa shape index (κ2) is 6.88. The summed E-state index contributed by atoms with van der Waals surface area (Å²) in [6, 6.07) is 1.17. The lowest BCUT2D eigenvalue weighted by molar-refractivity contribution is -0.119. The third kappa shape index (κ3) is 3.05. The Morgan fingerprint density at radius 3 is 2.62 bits per heavy atom. The smallest absolute Gasteiger partial charge is 0.341 e. The molecule has 2 rings (SSSR count). The predicted octanol–water partition coefficient (Wildman–Crippen LogP) is 0.719. The highest BCUT2D eigenvalue weighted by molar-refractivity contribution is 6.07. The van der Waals surface area contributed by atoms with Crippen LogP contribution in [-0.4, -0.2) is 54.7 Å². The summed E-state index contributed by atoms with van der Waals surface area (Å²) in [5.74, 6) is -3.32. The van der Waals surface area contributed by atoms with Gasteiger partial charge >= 0.3 is 5.97 Å². The first kappa shape index (κ1) is 17.7. The molecule has 8 heteroatoms. The molecule has 0 aliphatic carbocycles. The van der Waals surface area contributed by atoms with Gasteiger partial charge in [0.2, 0.25) is 0 Å². The Morgan fingerprint density at radius 1 is 1.42 bits per heavy atom. The van der Waals surface area contributed by atoms with Gasteiger partial charge in [0.15, 0.2) is 17.3 Å². The average Bonchev–Trinajstić information content (AvgIpc) is 2.54. The van der Waals surface area contributed by atoms with Crippen molar-refractivity contribution in [2.24, 2.45) is 5.92 Å². The standard InChI is InChI=1S/C16H18O8/c1-7(17)4-10(18)9-6-24-15-12(13(9)19)11(22-2)5-8(14(15)20)16(21)23-3/h5,9-10,18,20H,4,6H2,1-3H3/t9-,10-/m1/s1. The number of phenols is 1. The Labute approximate surface area is 137 Å². The van der Waals surface area contributed by atoms with Gasteiger partial charge in [-0.25, -0.2) is 4.79 Å². The van der Waals surface area contributed by atoms with E-state index in [-0.39, 0.29) is 41.4 Å². The number of phenolic OH excluding ortho intramolecular Hbond substituents is 1. The van der Waals surface area contributed by atoms with Crippen LogP contribution in [0.25, 0.3) is 0 Å². The number of carbonyl (C=O) groups excluding carboxylic acids is 3. The minimum atomic E-state index is -1.21. The van der Waals surface area contributed by atoms with E-state index in [1.165, 1.54) is 20.1 Å².